The summed E-state index contributed by atoms with van der Waals surface area (Å²) in [5.74, 6) is -0.0745. The average molecular weight is 301 g/mol. The lowest BCUT2D eigenvalue weighted by Crippen LogP contribution is -2.14. The summed E-state index contributed by atoms with van der Waals surface area (Å²) < 4.78 is 0. The summed E-state index contributed by atoms with van der Waals surface area (Å²) in [5, 5.41) is 3.05. The smallest absolute Gasteiger partial charge is 0.255 e. The predicted molar refractivity (Wildman–Crippen MR) is 95.7 cm³/mol. The number of rotatable bonds is 3. The molecule has 23 heavy (non-hydrogen) atoms. The van der Waals surface area contributed by atoms with E-state index in [-0.39, 0.29) is 5.91 Å². The lowest BCUT2D eigenvalue weighted by molar-refractivity contribution is 0.102. The maximum atomic E-state index is 12.7. The number of carbonyl (C=O) groups is 1. The maximum absolute atomic E-state index is 12.7. The second kappa shape index (κ2) is 6.49. The monoisotopic (exact) mass is 301 g/mol. The minimum Gasteiger partial charge on any atom is -0.321 e. The van der Waals surface area contributed by atoms with Crippen molar-refractivity contribution in [2.24, 2.45) is 0 Å². The van der Waals surface area contributed by atoms with Crippen LogP contribution in [0.15, 0.2) is 72.8 Å². The van der Waals surface area contributed by atoms with E-state index >= 15 is 0 Å². The van der Waals surface area contributed by atoms with E-state index in [2.05, 4.69) is 5.32 Å². The Bertz CT molecular complexity index is 837. The van der Waals surface area contributed by atoms with E-state index < -0.39 is 0 Å². The van der Waals surface area contributed by atoms with Crippen LogP contribution < -0.4 is 5.32 Å². The fourth-order valence-corrected chi connectivity index (χ4v) is 2.63. The van der Waals surface area contributed by atoms with Gasteiger partial charge in [0.1, 0.15) is 0 Å². The summed E-state index contributed by atoms with van der Waals surface area (Å²) in [5.41, 5.74) is 5.70. The highest BCUT2D eigenvalue weighted by Gasteiger charge is 2.12. The minimum atomic E-state index is -0.0745. The Morgan fingerprint density at radius 2 is 1.52 bits per heavy atom. The van der Waals surface area contributed by atoms with Gasteiger partial charge in [-0.05, 0) is 37.1 Å². The molecule has 0 bridgehead atoms. The molecule has 0 spiro atoms. The van der Waals surface area contributed by atoms with Crippen molar-refractivity contribution >= 4 is 11.6 Å². The summed E-state index contributed by atoms with van der Waals surface area (Å²) in [6.45, 7) is 3.95. The summed E-state index contributed by atoms with van der Waals surface area (Å²) >= 11 is 0. The highest BCUT2D eigenvalue weighted by atomic mass is 16.1. The van der Waals surface area contributed by atoms with Crippen LogP contribution in [0.2, 0.25) is 0 Å². The Hall–Kier alpha value is -2.87. The first-order chi connectivity index (χ1) is 11.1. The molecule has 3 aromatic rings. The quantitative estimate of drug-likeness (QED) is 0.705. The van der Waals surface area contributed by atoms with Gasteiger partial charge in [-0.25, -0.2) is 0 Å². The molecule has 0 unspecified atom stereocenters. The van der Waals surface area contributed by atoms with Crippen molar-refractivity contribution in [2.75, 3.05) is 5.32 Å². The molecule has 0 fully saturated rings. The Morgan fingerprint density at radius 1 is 0.826 bits per heavy atom. The molecule has 114 valence electrons. The van der Waals surface area contributed by atoms with Crippen LogP contribution in [0, 0.1) is 13.8 Å². The lowest BCUT2D eigenvalue weighted by Gasteiger charge is -2.13. The molecule has 0 aliphatic heterocycles. The van der Waals surface area contributed by atoms with E-state index in [1.807, 2.05) is 86.6 Å². The molecule has 2 heteroatoms. The van der Waals surface area contributed by atoms with E-state index in [0.29, 0.717) is 5.56 Å². The topological polar surface area (TPSA) is 29.1 Å². The number of amides is 1. The largest absolute Gasteiger partial charge is 0.321 e. The van der Waals surface area contributed by atoms with Gasteiger partial charge in [-0.3, -0.25) is 4.79 Å². The van der Waals surface area contributed by atoms with Crippen LogP contribution in [-0.4, -0.2) is 5.91 Å². The van der Waals surface area contributed by atoms with Crippen molar-refractivity contribution in [3.63, 3.8) is 0 Å². The van der Waals surface area contributed by atoms with Crippen molar-refractivity contribution < 1.29 is 4.79 Å². The van der Waals surface area contributed by atoms with Gasteiger partial charge in [0.05, 0.1) is 0 Å². The zero-order valence-corrected chi connectivity index (χ0v) is 13.3. The van der Waals surface area contributed by atoms with Crippen molar-refractivity contribution in [3.8, 4) is 11.1 Å². The Morgan fingerprint density at radius 3 is 2.30 bits per heavy atom. The van der Waals surface area contributed by atoms with E-state index in [4.69, 9.17) is 0 Å². The second-order valence-electron chi connectivity index (χ2n) is 5.68. The summed E-state index contributed by atoms with van der Waals surface area (Å²) in [7, 11) is 0. The van der Waals surface area contributed by atoms with Gasteiger partial charge < -0.3 is 5.32 Å². The van der Waals surface area contributed by atoms with Gasteiger partial charge in [0.15, 0.2) is 0 Å². The molecule has 2 nitrogen and oxygen atoms in total. The van der Waals surface area contributed by atoms with Gasteiger partial charge in [-0.2, -0.15) is 0 Å². The second-order valence-corrected chi connectivity index (χ2v) is 5.68. The standard InChI is InChI=1S/C21H19NO/c1-15-12-13-16(2)19(14-15)21(23)22-20-11-7-6-10-18(20)17-8-4-3-5-9-17/h3-14H,1-2H3,(H,22,23). The van der Waals surface area contributed by atoms with Crippen molar-refractivity contribution in [2.45, 2.75) is 13.8 Å². The molecule has 0 saturated heterocycles. The molecule has 1 amide bonds. The molecule has 3 aromatic carbocycles. The lowest BCUT2D eigenvalue weighted by atomic mass is 10.0. The van der Waals surface area contributed by atoms with Crippen molar-refractivity contribution in [1.82, 2.24) is 0 Å². The molecule has 0 atom stereocenters. The van der Waals surface area contributed by atoms with Crippen LogP contribution in [-0.2, 0) is 0 Å². The molecule has 0 aliphatic carbocycles. The number of carbonyl (C=O) groups excluding carboxylic acids is 1. The first-order valence-electron chi connectivity index (χ1n) is 7.68. The Labute approximate surface area is 136 Å². The summed E-state index contributed by atoms with van der Waals surface area (Å²) in [6, 6.07) is 23.9. The van der Waals surface area contributed by atoms with Crippen molar-refractivity contribution in [1.29, 1.82) is 0 Å². The average Bonchev–Trinajstić information content (AvgIpc) is 2.58. The van der Waals surface area contributed by atoms with Crippen LogP contribution in [0.5, 0.6) is 0 Å². The fourth-order valence-electron chi connectivity index (χ4n) is 2.63. The number of aryl methyl sites for hydroxylation is 2. The molecule has 0 aromatic heterocycles. The van der Waals surface area contributed by atoms with Crippen molar-refractivity contribution in [3.05, 3.63) is 89.5 Å². The van der Waals surface area contributed by atoms with Crippen LogP contribution in [0.25, 0.3) is 11.1 Å². The van der Waals surface area contributed by atoms with Gasteiger partial charge in [0.2, 0.25) is 0 Å². The van der Waals surface area contributed by atoms with Crippen LogP contribution >= 0.6 is 0 Å². The molecular formula is C21H19NO. The SMILES string of the molecule is Cc1ccc(C)c(C(=O)Nc2ccccc2-c2ccccc2)c1. The molecule has 3 rings (SSSR count). The zero-order chi connectivity index (χ0) is 16.2. The number of para-hydroxylation sites is 1. The van der Waals surface area contributed by atoms with E-state index in [1.165, 1.54) is 0 Å². The third kappa shape index (κ3) is 3.32. The first-order valence-corrected chi connectivity index (χ1v) is 7.68. The summed E-state index contributed by atoms with van der Waals surface area (Å²) in [4.78, 5) is 12.7. The van der Waals surface area contributed by atoms with Gasteiger partial charge >= 0.3 is 0 Å². The third-order valence-corrected chi connectivity index (χ3v) is 3.90. The Kier molecular flexibility index (Phi) is 4.24. The highest BCUT2D eigenvalue weighted by Crippen LogP contribution is 2.28. The molecule has 0 heterocycles. The zero-order valence-electron chi connectivity index (χ0n) is 13.3. The molecular weight excluding hydrogens is 282 g/mol. The molecule has 0 saturated carbocycles. The third-order valence-electron chi connectivity index (χ3n) is 3.90. The van der Waals surface area contributed by atoms with Crippen LogP contribution in [0.3, 0.4) is 0 Å². The molecule has 0 aliphatic rings. The predicted octanol–water partition coefficient (Wildman–Crippen LogP) is 5.22. The maximum Gasteiger partial charge on any atom is 0.255 e. The number of hydrogen-bond acceptors (Lipinski definition) is 1. The first kappa shape index (κ1) is 15.0. The number of benzene rings is 3. The minimum absolute atomic E-state index is 0.0745. The van der Waals surface area contributed by atoms with E-state index in [0.717, 1.165) is 27.9 Å². The van der Waals surface area contributed by atoms with Gasteiger partial charge in [0, 0.05) is 16.8 Å². The number of anilines is 1. The number of hydrogen-bond donors (Lipinski definition) is 1. The van der Waals surface area contributed by atoms with Gasteiger partial charge in [-0.15, -0.1) is 0 Å². The number of nitrogens with one attached hydrogen (secondary N) is 1. The van der Waals surface area contributed by atoms with E-state index in [9.17, 15) is 4.79 Å². The van der Waals surface area contributed by atoms with Gasteiger partial charge in [0.25, 0.3) is 5.91 Å². The highest BCUT2D eigenvalue weighted by molar-refractivity contribution is 6.07. The van der Waals surface area contributed by atoms with E-state index in [1.54, 1.807) is 0 Å². The molecule has 0 radical (unpaired) electrons. The molecule has 1 N–H and O–H groups in total. The fraction of sp³-hybridized carbons (Fsp3) is 0.0952. The Balaban J connectivity index is 1.95. The normalized spacial score (nSPS) is 10.3. The van der Waals surface area contributed by atoms with Gasteiger partial charge in [-0.1, -0.05) is 66.2 Å². The summed E-state index contributed by atoms with van der Waals surface area (Å²) in [6.07, 6.45) is 0. The van der Waals surface area contributed by atoms with Crippen LogP contribution in [0.1, 0.15) is 21.5 Å². The van der Waals surface area contributed by atoms with Crippen LogP contribution in [0.4, 0.5) is 5.69 Å².